The van der Waals surface area contributed by atoms with E-state index in [0.717, 1.165) is 25.7 Å². The maximum absolute atomic E-state index is 12.1. The summed E-state index contributed by atoms with van der Waals surface area (Å²) in [4.78, 5) is 12.1. The first kappa shape index (κ1) is 14.9. The lowest BCUT2D eigenvalue weighted by Gasteiger charge is -2.35. The number of hydrogen-bond donors (Lipinski definition) is 3. The summed E-state index contributed by atoms with van der Waals surface area (Å²) >= 11 is 0. The zero-order valence-electron chi connectivity index (χ0n) is 12.1. The first-order valence-corrected chi connectivity index (χ1v) is 7.20. The summed E-state index contributed by atoms with van der Waals surface area (Å²) in [6.45, 7) is 4.17. The number of amides is 1. The van der Waals surface area contributed by atoms with E-state index in [1.54, 1.807) is 25.1 Å². The van der Waals surface area contributed by atoms with Crippen molar-refractivity contribution in [1.29, 1.82) is 0 Å². The SMILES string of the molecule is Cc1c(O)cccc1C(=O)NCC1(O)CCC(C)CC1. The number of carbonyl (C=O) groups is 1. The predicted octanol–water partition coefficient (Wildman–Crippen LogP) is 2.37. The fourth-order valence-corrected chi connectivity index (χ4v) is 2.69. The highest BCUT2D eigenvalue weighted by molar-refractivity contribution is 5.96. The van der Waals surface area contributed by atoms with Gasteiger partial charge in [0.25, 0.3) is 5.91 Å². The summed E-state index contributed by atoms with van der Waals surface area (Å²) in [6, 6.07) is 4.88. The molecule has 110 valence electrons. The number of aliphatic hydroxyl groups is 1. The van der Waals surface area contributed by atoms with E-state index in [0.29, 0.717) is 17.0 Å². The van der Waals surface area contributed by atoms with Gasteiger partial charge in [-0.1, -0.05) is 13.0 Å². The van der Waals surface area contributed by atoms with Crippen LogP contribution in [0, 0.1) is 12.8 Å². The van der Waals surface area contributed by atoms with Gasteiger partial charge in [-0.2, -0.15) is 0 Å². The summed E-state index contributed by atoms with van der Waals surface area (Å²) in [5.74, 6) is 0.521. The molecule has 4 heteroatoms. The van der Waals surface area contributed by atoms with E-state index in [1.165, 1.54) is 0 Å². The van der Waals surface area contributed by atoms with Crippen molar-refractivity contribution in [2.45, 2.75) is 45.1 Å². The lowest BCUT2D eigenvalue weighted by molar-refractivity contribution is -0.00540. The zero-order chi connectivity index (χ0) is 14.8. The van der Waals surface area contributed by atoms with Crippen molar-refractivity contribution in [3.05, 3.63) is 29.3 Å². The Kier molecular flexibility index (Phi) is 4.33. The molecule has 0 saturated heterocycles. The van der Waals surface area contributed by atoms with Gasteiger partial charge in [0.2, 0.25) is 0 Å². The van der Waals surface area contributed by atoms with Crippen LogP contribution in [0.3, 0.4) is 0 Å². The highest BCUT2D eigenvalue weighted by Gasteiger charge is 2.32. The Morgan fingerprint density at radius 3 is 2.70 bits per heavy atom. The molecule has 1 saturated carbocycles. The van der Waals surface area contributed by atoms with Crippen molar-refractivity contribution in [1.82, 2.24) is 5.32 Å². The molecule has 0 radical (unpaired) electrons. The number of benzene rings is 1. The van der Waals surface area contributed by atoms with Gasteiger partial charge in [-0.15, -0.1) is 0 Å². The van der Waals surface area contributed by atoms with Crippen LogP contribution in [0.5, 0.6) is 5.75 Å². The second kappa shape index (κ2) is 5.83. The van der Waals surface area contributed by atoms with Gasteiger partial charge in [0, 0.05) is 17.7 Å². The molecule has 1 aromatic rings. The average Bonchev–Trinajstić information content (AvgIpc) is 2.43. The highest BCUT2D eigenvalue weighted by Crippen LogP contribution is 2.31. The molecule has 1 aromatic carbocycles. The molecule has 1 aliphatic rings. The normalized spacial score (nSPS) is 26.2. The highest BCUT2D eigenvalue weighted by atomic mass is 16.3. The lowest BCUT2D eigenvalue weighted by atomic mass is 9.79. The summed E-state index contributed by atoms with van der Waals surface area (Å²) in [5, 5.41) is 22.9. The Balaban J connectivity index is 1.97. The maximum Gasteiger partial charge on any atom is 0.251 e. The van der Waals surface area contributed by atoms with Crippen LogP contribution in [0.1, 0.15) is 48.5 Å². The summed E-state index contributed by atoms with van der Waals surface area (Å²) in [7, 11) is 0. The van der Waals surface area contributed by atoms with Gasteiger partial charge in [-0.3, -0.25) is 4.79 Å². The minimum Gasteiger partial charge on any atom is -0.508 e. The maximum atomic E-state index is 12.1. The summed E-state index contributed by atoms with van der Waals surface area (Å²) in [5.41, 5.74) is 0.236. The van der Waals surface area contributed by atoms with E-state index >= 15 is 0 Å². The molecule has 0 aliphatic heterocycles. The third-order valence-electron chi connectivity index (χ3n) is 4.33. The van der Waals surface area contributed by atoms with Crippen molar-refractivity contribution < 1.29 is 15.0 Å². The largest absolute Gasteiger partial charge is 0.508 e. The third-order valence-corrected chi connectivity index (χ3v) is 4.33. The zero-order valence-corrected chi connectivity index (χ0v) is 12.1. The van der Waals surface area contributed by atoms with Crippen LogP contribution in [-0.4, -0.2) is 28.3 Å². The summed E-state index contributed by atoms with van der Waals surface area (Å²) in [6.07, 6.45) is 3.45. The van der Waals surface area contributed by atoms with Crippen molar-refractivity contribution in [3.63, 3.8) is 0 Å². The Labute approximate surface area is 119 Å². The molecule has 4 nitrogen and oxygen atoms in total. The van der Waals surface area contributed by atoms with Crippen LogP contribution in [0.15, 0.2) is 18.2 Å². The van der Waals surface area contributed by atoms with Gasteiger partial charge in [0.1, 0.15) is 5.75 Å². The molecule has 3 N–H and O–H groups in total. The number of carbonyl (C=O) groups excluding carboxylic acids is 1. The van der Waals surface area contributed by atoms with Gasteiger partial charge in [0.15, 0.2) is 0 Å². The fraction of sp³-hybridized carbons (Fsp3) is 0.562. The Morgan fingerprint density at radius 1 is 1.40 bits per heavy atom. The average molecular weight is 277 g/mol. The van der Waals surface area contributed by atoms with E-state index in [-0.39, 0.29) is 18.2 Å². The van der Waals surface area contributed by atoms with Crippen molar-refractivity contribution in [2.75, 3.05) is 6.54 Å². The Bertz CT molecular complexity index is 490. The number of aromatic hydroxyl groups is 1. The number of phenolic OH excluding ortho intramolecular Hbond substituents is 1. The van der Waals surface area contributed by atoms with E-state index in [9.17, 15) is 15.0 Å². The predicted molar refractivity (Wildman–Crippen MR) is 77.8 cm³/mol. The molecule has 20 heavy (non-hydrogen) atoms. The first-order chi connectivity index (χ1) is 9.41. The van der Waals surface area contributed by atoms with Gasteiger partial charge < -0.3 is 15.5 Å². The monoisotopic (exact) mass is 277 g/mol. The topological polar surface area (TPSA) is 69.6 Å². The van der Waals surface area contributed by atoms with Crippen LogP contribution in [0.2, 0.25) is 0 Å². The minimum absolute atomic E-state index is 0.114. The van der Waals surface area contributed by atoms with E-state index in [2.05, 4.69) is 12.2 Å². The molecule has 0 heterocycles. The summed E-state index contributed by atoms with van der Waals surface area (Å²) < 4.78 is 0. The van der Waals surface area contributed by atoms with Crippen LogP contribution in [0.4, 0.5) is 0 Å². The number of nitrogens with one attached hydrogen (secondary N) is 1. The first-order valence-electron chi connectivity index (χ1n) is 7.20. The van der Waals surface area contributed by atoms with Crippen molar-refractivity contribution in [3.8, 4) is 5.75 Å². The minimum atomic E-state index is -0.785. The molecule has 0 unspecified atom stereocenters. The van der Waals surface area contributed by atoms with Crippen LogP contribution < -0.4 is 5.32 Å². The lowest BCUT2D eigenvalue weighted by Crippen LogP contribution is -2.45. The number of rotatable bonds is 3. The van der Waals surface area contributed by atoms with E-state index in [1.807, 2.05) is 0 Å². The van der Waals surface area contributed by atoms with Crippen LogP contribution >= 0.6 is 0 Å². The third kappa shape index (κ3) is 3.31. The smallest absolute Gasteiger partial charge is 0.251 e. The van der Waals surface area contributed by atoms with Crippen molar-refractivity contribution in [2.24, 2.45) is 5.92 Å². The Morgan fingerprint density at radius 2 is 2.05 bits per heavy atom. The fourth-order valence-electron chi connectivity index (χ4n) is 2.69. The van der Waals surface area contributed by atoms with E-state index < -0.39 is 5.60 Å². The number of hydrogen-bond acceptors (Lipinski definition) is 3. The van der Waals surface area contributed by atoms with Crippen LogP contribution in [0.25, 0.3) is 0 Å². The standard InChI is InChI=1S/C16H23NO3/c1-11-6-8-16(20,9-7-11)10-17-15(19)13-4-3-5-14(18)12(13)2/h3-5,11,18,20H,6-10H2,1-2H3,(H,17,19). The van der Waals surface area contributed by atoms with Crippen molar-refractivity contribution >= 4 is 5.91 Å². The Hall–Kier alpha value is -1.55. The van der Waals surface area contributed by atoms with Crippen LogP contribution in [-0.2, 0) is 0 Å². The quantitative estimate of drug-likeness (QED) is 0.794. The molecule has 2 rings (SSSR count). The van der Waals surface area contributed by atoms with Gasteiger partial charge in [0.05, 0.1) is 5.60 Å². The second-order valence-electron chi connectivity index (χ2n) is 6.04. The molecule has 0 atom stereocenters. The molecule has 0 bridgehead atoms. The van der Waals surface area contributed by atoms with E-state index in [4.69, 9.17) is 0 Å². The molecule has 1 fully saturated rings. The van der Waals surface area contributed by atoms with Gasteiger partial charge in [-0.05, 0) is 50.7 Å². The second-order valence-corrected chi connectivity index (χ2v) is 6.04. The van der Waals surface area contributed by atoms with Gasteiger partial charge >= 0.3 is 0 Å². The molecule has 0 spiro atoms. The number of phenols is 1. The van der Waals surface area contributed by atoms with Gasteiger partial charge in [-0.25, -0.2) is 0 Å². The molecular weight excluding hydrogens is 254 g/mol. The molecule has 1 aliphatic carbocycles. The molecule has 1 amide bonds. The molecule has 0 aromatic heterocycles. The molecular formula is C16H23NO3.